The molecule has 0 saturated heterocycles. The summed E-state index contributed by atoms with van der Waals surface area (Å²) in [6.07, 6.45) is 0. The first-order chi connectivity index (χ1) is 17.2. The number of urea groups is 1. The number of amides is 2. The van der Waals surface area contributed by atoms with Crippen LogP contribution in [0.3, 0.4) is 0 Å². The van der Waals surface area contributed by atoms with E-state index in [1.54, 1.807) is 54.6 Å². The molecule has 9 heteroatoms. The molecule has 0 aliphatic carbocycles. The summed E-state index contributed by atoms with van der Waals surface area (Å²) in [5, 5.41) is 20.3. The monoisotopic (exact) mass is 488 g/mol. The number of aromatic nitrogens is 2. The molecule has 0 unspecified atom stereocenters. The van der Waals surface area contributed by atoms with E-state index >= 15 is 0 Å². The summed E-state index contributed by atoms with van der Waals surface area (Å²) in [6, 6.07) is 14.4. The van der Waals surface area contributed by atoms with Gasteiger partial charge in [0, 0.05) is 33.5 Å². The second-order valence-corrected chi connectivity index (χ2v) is 9.05. The quantitative estimate of drug-likeness (QED) is 0.205. The lowest BCUT2D eigenvalue weighted by atomic mass is 9.93. The highest BCUT2D eigenvalue weighted by atomic mass is 16.5. The van der Waals surface area contributed by atoms with E-state index in [1.807, 2.05) is 34.6 Å². The summed E-state index contributed by atoms with van der Waals surface area (Å²) in [6.45, 7) is 9.96. The number of carbonyl (C=O) groups is 2. The van der Waals surface area contributed by atoms with Crippen LogP contribution in [0.1, 0.15) is 56.6 Å². The van der Waals surface area contributed by atoms with Gasteiger partial charge in [0.1, 0.15) is 17.1 Å². The minimum atomic E-state index is -0.478. The maximum atomic E-state index is 12.9. The molecule has 0 bridgehead atoms. The Morgan fingerprint density at radius 1 is 0.944 bits per heavy atom. The topological polar surface area (TPSA) is 133 Å². The number of carbonyl (C=O) groups excluding carboxylic acids is 2. The Morgan fingerprint density at radius 3 is 2.44 bits per heavy atom. The van der Waals surface area contributed by atoms with Crippen LogP contribution >= 0.6 is 0 Å². The number of aromatic hydroxyl groups is 1. The number of anilines is 2. The van der Waals surface area contributed by atoms with Gasteiger partial charge in [0.15, 0.2) is 11.6 Å². The molecular weight excluding hydrogens is 460 g/mol. The number of hydrogen-bond acceptors (Lipinski definition) is 6. The van der Waals surface area contributed by atoms with E-state index in [0.29, 0.717) is 33.9 Å². The fourth-order valence-electron chi connectivity index (χ4n) is 3.57. The van der Waals surface area contributed by atoms with E-state index in [0.717, 1.165) is 10.9 Å². The van der Waals surface area contributed by atoms with Crippen LogP contribution < -0.4 is 10.6 Å². The van der Waals surface area contributed by atoms with Crippen LogP contribution in [0.25, 0.3) is 21.9 Å². The van der Waals surface area contributed by atoms with Crippen LogP contribution in [0.2, 0.25) is 0 Å². The predicted octanol–water partition coefficient (Wildman–Crippen LogP) is 6.81. The molecule has 0 fully saturated rings. The Balaban J connectivity index is 0.00000148. The zero-order chi connectivity index (χ0) is 26.0. The average Bonchev–Trinajstić information content (AvgIpc) is 3.57. The molecule has 36 heavy (non-hydrogen) atoms. The SMILES string of the molecule is CC.CC(C)(C)c1cc(NC(=O)Nc2ccc3oc(C(=O)c4cc5cc(O)ccc5[nH]4)cc3c2)no1. The van der Waals surface area contributed by atoms with E-state index in [-0.39, 0.29) is 22.7 Å². The van der Waals surface area contributed by atoms with E-state index in [4.69, 9.17) is 8.94 Å². The number of hydrogen-bond donors (Lipinski definition) is 4. The molecule has 5 aromatic rings. The summed E-state index contributed by atoms with van der Waals surface area (Å²) in [4.78, 5) is 28.3. The van der Waals surface area contributed by atoms with Crippen LogP contribution in [-0.4, -0.2) is 27.1 Å². The second-order valence-electron chi connectivity index (χ2n) is 9.05. The molecule has 0 saturated carbocycles. The number of H-pyrrole nitrogens is 1. The van der Waals surface area contributed by atoms with Gasteiger partial charge in [-0.05, 0) is 48.5 Å². The number of fused-ring (bicyclic) bond motifs is 2. The number of nitrogens with one attached hydrogen (secondary N) is 3. The zero-order valence-electron chi connectivity index (χ0n) is 20.7. The largest absolute Gasteiger partial charge is 0.508 e. The van der Waals surface area contributed by atoms with Gasteiger partial charge >= 0.3 is 6.03 Å². The Bertz CT molecular complexity index is 1550. The Morgan fingerprint density at radius 2 is 1.72 bits per heavy atom. The van der Waals surface area contributed by atoms with Crippen molar-refractivity contribution in [1.29, 1.82) is 0 Å². The van der Waals surface area contributed by atoms with E-state index < -0.39 is 6.03 Å². The van der Waals surface area contributed by atoms with Gasteiger partial charge in [0.05, 0.1) is 5.69 Å². The lowest BCUT2D eigenvalue weighted by Crippen LogP contribution is -2.19. The molecule has 9 nitrogen and oxygen atoms in total. The maximum absolute atomic E-state index is 12.9. The van der Waals surface area contributed by atoms with Crippen LogP contribution in [0.5, 0.6) is 5.75 Å². The Kier molecular flexibility index (Phi) is 6.57. The van der Waals surface area contributed by atoms with Crippen LogP contribution in [0.4, 0.5) is 16.3 Å². The fourth-order valence-corrected chi connectivity index (χ4v) is 3.57. The Hall–Kier alpha value is -4.53. The lowest BCUT2D eigenvalue weighted by molar-refractivity contribution is 0.101. The van der Waals surface area contributed by atoms with Gasteiger partial charge in [0.25, 0.3) is 0 Å². The molecule has 0 spiro atoms. The van der Waals surface area contributed by atoms with Crippen molar-refractivity contribution in [3.63, 3.8) is 0 Å². The molecule has 0 aliphatic heterocycles. The summed E-state index contributed by atoms with van der Waals surface area (Å²) in [5.74, 6) is 0.930. The van der Waals surface area contributed by atoms with Gasteiger partial charge in [-0.15, -0.1) is 0 Å². The molecule has 0 atom stereocenters. The summed E-state index contributed by atoms with van der Waals surface area (Å²) in [5.41, 5.74) is 1.88. The Labute approximate surface area is 207 Å². The molecule has 5 rings (SSSR count). The van der Waals surface area contributed by atoms with Crippen molar-refractivity contribution in [1.82, 2.24) is 10.1 Å². The summed E-state index contributed by atoms with van der Waals surface area (Å²) in [7, 11) is 0. The molecule has 186 valence electrons. The van der Waals surface area contributed by atoms with Crippen LogP contribution in [0.15, 0.2) is 63.5 Å². The third-order valence-corrected chi connectivity index (χ3v) is 5.34. The fraction of sp³-hybridized carbons (Fsp3) is 0.222. The summed E-state index contributed by atoms with van der Waals surface area (Å²) >= 11 is 0. The first kappa shape index (κ1) is 24.6. The van der Waals surface area contributed by atoms with Crippen LogP contribution in [-0.2, 0) is 5.41 Å². The second kappa shape index (κ2) is 9.61. The van der Waals surface area contributed by atoms with Gasteiger partial charge in [-0.25, -0.2) is 4.79 Å². The number of nitrogens with zero attached hydrogens (tertiary/aromatic N) is 1. The molecule has 0 aliphatic rings. The standard InChI is InChI=1S/C25H22N4O5.C2H6/c1-25(2,3)21-12-22(29-34-21)28-24(32)26-15-4-7-19-14(8-15)11-20(33-19)23(31)18-10-13-9-16(30)5-6-17(13)27-18;1-2/h4-12,27,30H,1-3H3,(H2,26,28,29,32);1-2H3. The highest BCUT2D eigenvalue weighted by Crippen LogP contribution is 2.27. The number of phenolic OH excluding ortho intramolecular Hbond substituents is 1. The molecular formula is C27H28N4O5. The van der Waals surface area contributed by atoms with E-state index in [9.17, 15) is 14.7 Å². The normalized spacial score (nSPS) is 11.2. The maximum Gasteiger partial charge on any atom is 0.324 e. The molecule has 3 heterocycles. The predicted molar refractivity (Wildman–Crippen MR) is 139 cm³/mol. The number of phenols is 1. The highest BCUT2D eigenvalue weighted by molar-refractivity contribution is 6.10. The number of rotatable bonds is 4. The van der Waals surface area contributed by atoms with Gasteiger partial charge in [-0.1, -0.05) is 39.8 Å². The van der Waals surface area contributed by atoms with Gasteiger partial charge in [0.2, 0.25) is 5.78 Å². The van der Waals surface area contributed by atoms with Crippen molar-refractivity contribution in [2.75, 3.05) is 10.6 Å². The summed E-state index contributed by atoms with van der Waals surface area (Å²) < 4.78 is 11.0. The van der Waals surface area contributed by atoms with E-state index in [2.05, 4.69) is 20.8 Å². The van der Waals surface area contributed by atoms with Crippen molar-refractivity contribution < 1.29 is 23.6 Å². The first-order valence-electron chi connectivity index (χ1n) is 11.6. The molecule has 2 amide bonds. The molecule has 2 aromatic carbocycles. The van der Waals surface area contributed by atoms with E-state index in [1.165, 1.54) is 0 Å². The molecule has 4 N–H and O–H groups in total. The zero-order valence-corrected chi connectivity index (χ0v) is 20.7. The highest BCUT2D eigenvalue weighted by Gasteiger charge is 2.21. The van der Waals surface area contributed by atoms with Crippen LogP contribution in [0, 0.1) is 0 Å². The first-order valence-corrected chi connectivity index (χ1v) is 11.6. The van der Waals surface area contributed by atoms with Crippen molar-refractivity contribution >= 4 is 45.2 Å². The molecule has 3 aromatic heterocycles. The van der Waals surface area contributed by atoms with Crippen molar-refractivity contribution in [2.45, 2.75) is 40.0 Å². The minimum Gasteiger partial charge on any atom is -0.508 e. The minimum absolute atomic E-state index is 0.122. The number of furan rings is 1. The number of aromatic amines is 1. The molecule has 0 radical (unpaired) electrons. The van der Waals surface area contributed by atoms with Gasteiger partial charge < -0.3 is 24.3 Å². The van der Waals surface area contributed by atoms with Gasteiger partial charge in [-0.2, -0.15) is 0 Å². The van der Waals surface area contributed by atoms with Crippen molar-refractivity contribution in [3.05, 3.63) is 71.8 Å². The number of benzene rings is 2. The van der Waals surface area contributed by atoms with Crippen molar-refractivity contribution in [3.8, 4) is 5.75 Å². The third-order valence-electron chi connectivity index (χ3n) is 5.34. The average molecular weight is 489 g/mol. The third kappa shape index (κ3) is 5.10. The lowest BCUT2D eigenvalue weighted by Gasteiger charge is -2.12. The van der Waals surface area contributed by atoms with Crippen molar-refractivity contribution in [2.24, 2.45) is 0 Å². The van der Waals surface area contributed by atoms with Gasteiger partial charge in [-0.3, -0.25) is 10.1 Å². The smallest absolute Gasteiger partial charge is 0.324 e. The number of ketones is 1.